The first-order chi connectivity index (χ1) is 11.2. The minimum atomic E-state index is 0.638. The fraction of sp³-hybridized carbons (Fsp3) is 0.529. The van der Waals surface area contributed by atoms with Crippen molar-refractivity contribution in [2.45, 2.75) is 33.1 Å². The van der Waals surface area contributed by atoms with Crippen LogP contribution in [0.4, 0.5) is 5.82 Å². The molecule has 1 saturated heterocycles. The third-order valence-electron chi connectivity index (χ3n) is 4.59. The van der Waals surface area contributed by atoms with Gasteiger partial charge in [-0.15, -0.1) is 0 Å². The fourth-order valence-electron chi connectivity index (χ4n) is 3.17. The van der Waals surface area contributed by atoms with Crippen molar-refractivity contribution in [2.75, 3.05) is 24.5 Å². The molecule has 0 aliphatic carbocycles. The van der Waals surface area contributed by atoms with Crippen LogP contribution >= 0.6 is 0 Å². The summed E-state index contributed by atoms with van der Waals surface area (Å²) < 4.78 is 0. The number of anilines is 1. The van der Waals surface area contributed by atoms with E-state index in [2.05, 4.69) is 33.7 Å². The summed E-state index contributed by atoms with van der Waals surface area (Å²) in [5, 5.41) is 0. The van der Waals surface area contributed by atoms with E-state index < -0.39 is 0 Å². The minimum absolute atomic E-state index is 0.638. The number of piperidine rings is 1. The van der Waals surface area contributed by atoms with Gasteiger partial charge in [-0.1, -0.05) is 6.92 Å². The molecule has 23 heavy (non-hydrogen) atoms. The molecular formula is C17H24N6. The van der Waals surface area contributed by atoms with Crippen molar-refractivity contribution in [3.63, 3.8) is 0 Å². The van der Waals surface area contributed by atoms with Gasteiger partial charge in [-0.2, -0.15) is 0 Å². The molecule has 0 spiro atoms. The van der Waals surface area contributed by atoms with Crippen LogP contribution in [-0.2, 0) is 6.42 Å². The summed E-state index contributed by atoms with van der Waals surface area (Å²) in [5.41, 5.74) is 8.78. The maximum absolute atomic E-state index is 5.81. The number of rotatable bonds is 4. The van der Waals surface area contributed by atoms with E-state index in [1.165, 1.54) is 5.56 Å². The predicted molar refractivity (Wildman–Crippen MR) is 91.2 cm³/mol. The van der Waals surface area contributed by atoms with Crippen LogP contribution in [0.1, 0.15) is 31.0 Å². The minimum Gasteiger partial charge on any atom is -0.356 e. The van der Waals surface area contributed by atoms with E-state index in [0.717, 1.165) is 56.1 Å². The molecule has 2 aromatic heterocycles. The number of aromatic nitrogens is 4. The molecule has 0 saturated carbocycles. The molecule has 2 aromatic rings. The van der Waals surface area contributed by atoms with Crippen LogP contribution in [-0.4, -0.2) is 39.6 Å². The van der Waals surface area contributed by atoms with Crippen molar-refractivity contribution in [2.24, 2.45) is 11.7 Å². The third kappa shape index (κ3) is 3.32. The zero-order valence-corrected chi connectivity index (χ0v) is 13.9. The van der Waals surface area contributed by atoms with E-state index >= 15 is 0 Å². The highest BCUT2D eigenvalue weighted by molar-refractivity contribution is 5.57. The lowest BCUT2D eigenvalue weighted by Gasteiger charge is -2.33. The standard InChI is InChI=1S/C17H24N6/c1-3-14-12(2)21-16(15-11-19-6-7-20-15)22-17(14)23-8-4-13(10-18)5-9-23/h6-7,11,13H,3-5,8-10,18H2,1-2H3. The zero-order valence-electron chi connectivity index (χ0n) is 13.9. The highest BCUT2D eigenvalue weighted by atomic mass is 15.2. The zero-order chi connectivity index (χ0) is 16.2. The van der Waals surface area contributed by atoms with Crippen LogP contribution < -0.4 is 10.6 Å². The highest BCUT2D eigenvalue weighted by Gasteiger charge is 2.23. The average molecular weight is 312 g/mol. The summed E-state index contributed by atoms with van der Waals surface area (Å²) in [6.07, 6.45) is 8.24. The van der Waals surface area contributed by atoms with Gasteiger partial charge in [0, 0.05) is 36.7 Å². The number of hydrogen-bond acceptors (Lipinski definition) is 6. The van der Waals surface area contributed by atoms with Gasteiger partial charge in [0.1, 0.15) is 11.5 Å². The second kappa shape index (κ2) is 7.00. The lowest BCUT2D eigenvalue weighted by atomic mass is 9.96. The van der Waals surface area contributed by atoms with Gasteiger partial charge in [0.05, 0.1) is 6.20 Å². The Kier molecular flexibility index (Phi) is 4.81. The van der Waals surface area contributed by atoms with Gasteiger partial charge in [0.2, 0.25) is 0 Å². The Morgan fingerprint density at radius 3 is 2.61 bits per heavy atom. The van der Waals surface area contributed by atoms with Gasteiger partial charge in [0.25, 0.3) is 0 Å². The molecule has 2 N–H and O–H groups in total. The smallest absolute Gasteiger partial charge is 0.182 e. The van der Waals surface area contributed by atoms with Crippen LogP contribution in [0, 0.1) is 12.8 Å². The van der Waals surface area contributed by atoms with Gasteiger partial charge in [-0.25, -0.2) is 15.0 Å². The summed E-state index contributed by atoms with van der Waals surface area (Å²) in [7, 11) is 0. The Balaban J connectivity index is 1.96. The molecule has 6 nitrogen and oxygen atoms in total. The van der Waals surface area contributed by atoms with Crippen molar-refractivity contribution < 1.29 is 0 Å². The molecule has 1 aliphatic heterocycles. The average Bonchev–Trinajstić information content (AvgIpc) is 2.62. The van der Waals surface area contributed by atoms with Gasteiger partial charge >= 0.3 is 0 Å². The lowest BCUT2D eigenvalue weighted by Crippen LogP contribution is -2.37. The van der Waals surface area contributed by atoms with E-state index in [9.17, 15) is 0 Å². The maximum atomic E-state index is 5.81. The normalized spacial score (nSPS) is 15.9. The molecule has 6 heteroatoms. The molecule has 0 radical (unpaired) electrons. The monoisotopic (exact) mass is 312 g/mol. The first kappa shape index (κ1) is 15.8. The summed E-state index contributed by atoms with van der Waals surface area (Å²) >= 11 is 0. The third-order valence-corrected chi connectivity index (χ3v) is 4.59. The number of aryl methyl sites for hydroxylation is 1. The Labute approximate surface area is 137 Å². The van der Waals surface area contributed by atoms with Gasteiger partial charge in [-0.3, -0.25) is 4.98 Å². The summed E-state index contributed by atoms with van der Waals surface area (Å²) in [6, 6.07) is 0. The number of hydrogen-bond donors (Lipinski definition) is 1. The number of nitrogens with zero attached hydrogens (tertiary/aromatic N) is 5. The number of nitrogens with two attached hydrogens (primary N) is 1. The fourth-order valence-corrected chi connectivity index (χ4v) is 3.17. The highest BCUT2D eigenvalue weighted by Crippen LogP contribution is 2.28. The maximum Gasteiger partial charge on any atom is 0.182 e. The SMILES string of the molecule is CCc1c(C)nc(-c2cnccn2)nc1N1CCC(CN)CC1. The first-order valence-electron chi connectivity index (χ1n) is 8.31. The predicted octanol–water partition coefficient (Wildman–Crippen LogP) is 1.98. The van der Waals surface area contributed by atoms with Gasteiger partial charge in [0.15, 0.2) is 5.82 Å². The molecule has 0 bridgehead atoms. The largest absolute Gasteiger partial charge is 0.356 e. The molecule has 0 unspecified atom stereocenters. The topological polar surface area (TPSA) is 80.8 Å². The van der Waals surface area contributed by atoms with Crippen molar-refractivity contribution in [1.82, 2.24) is 19.9 Å². The Morgan fingerprint density at radius 2 is 2.00 bits per heavy atom. The van der Waals surface area contributed by atoms with Crippen LogP contribution in [0.25, 0.3) is 11.5 Å². The Bertz CT molecular complexity index is 650. The molecule has 3 rings (SSSR count). The van der Waals surface area contributed by atoms with Crippen molar-refractivity contribution in [3.8, 4) is 11.5 Å². The molecule has 0 amide bonds. The Hall–Kier alpha value is -2.08. The lowest BCUT2D eigenvalue weighted by molar-refractivity contribution is 0.412. The van der Waals surface area contributed by atoms with E-state index in [1.54, 1.807) is 18.6 Å². The van der Waals surface area contributed by atoms with Crippen LogP contribution in [0.3, 0.4) is 0 Å². The van der Waals surface area contributed by atoms with Crippen LogP contribution in [0.15, 0.2) is 18.6 Å². The van der Waals surface area contributed by atoms with E-state index in [4.69, 9.17) is 10.7 Å². The molecule has 0 aromatic carbocycles. The second-order valence-corrected chi connectivity index (χ2v) is 6.05. The Morgan fingerprint density at radius 1 is 1.22 bits per heavy atom. The van der Waals surface area contributed by atoms with Crippen molar-refractivity contribution in [3.05, 3.63) is 29.8 Å². The molecular weight excluding hydrogens is 288 g/mol. The van der Waals surface area contributed by atoms with Crippen LogP contribution in [0.5, 0.6) is 0 Å². The second-order valence-electron chi connectivity index (χ2n) is 6.05. The van der Waals surface area contributed by atoms with E-state index in [1.807, 2.05) is 0 Å². The summed E-state index contributed by atoms with van der Waals surface area (Å²) in [5.74, 6) is 2.35. The first-order valence-corrected chi connectivity index (χ1v) is 8.31. The summed E-state index contributed by atoms with van der Waals surface area (Å²) in [6.45, 7) is 7.00. The van der Waals surface area contributed by atoms with Crippen molar-refractivity contribution >= 4 is 5.82 Å². The quantitative estimate of drug-likeness (QED) is 0.930. The summed E-state index contributed by atoms with van der Waals surface area (Å²) in [4.78, 5) is 20.3. The molecule has 122 valence electrons. The van der Waals surface area contributed by atoms with Crippen LogP contribution in [0.2, 0.25) is 0 Å². The van der Waals surface area contributed by atoms with E-state index in [-0.39, 0.29) is 0 Å². The molecule has 0 atom stereocenters. The molecule has 1 fully saturated rings. The van der Waals surface area contributed by atoms with E-state index in [0.29, 0.717) is 11.7 Å². The van der Waals surface area contributed by atoms with Gasteiger partial charge in [-0.05, 0) is 38.6 Å². The molecule has 3 heterocycles. The van der Waals surface area contributed by atoms with Crippen molar-refractivity contribution in [1.29, 1.82) is 0 Å². The van der Waals surface area contributed by atoms with Gasteiger partial charge < -0.3 is 10.6 Å². The molecule has 1 aliphatic rings.